The second kappa shape index (κ2) is 4.57. The molecule has 4 nitrogen and oxygen atoms in total. The van der Waals surface area contributed by atoms with Gasteiger partial charge in [-0.3, -0.25) is 14.9 Å². The predicted molar refractivity (Wildman–Crippen MR) is 65.9 cm³/mol. The summed E-state index contributed by atoms with van der Waals surface area (Å²) in [7, 11) is 0. The van der Waals surface area contributed by atoms with E-state index in [0.717, 1.165) is 5.69 Å². The number of benzene rings is 1. The minimum Gasteiger partial charge on any atom is -0.353 e. The average Bonchev–Trinajstić information content (AvgIpc) is 2.28. The van der Waals surface area contributed by atoms with E-state index in [1.807, 2.05) is 24.3 Å². The van der Waals surface area contributed by atoms with Gasteiger partial charge in [0.2, 0.25) is 11.8 Å². The number of carbonyl (C=O) groups is 2. The number of piperazine rings is 1. The van der Waals surface area contributed by atoms with Crippen LogP contribution < -0.4 is 10.2 Å². The molecular weight excluding hydrogens is 216 g/mol. The van der Waals surface area contributed by atoms with E-state index in [4.69, 9.17) is 0 Å². The number of carbonyl (C=O) groups excluding carboxylic acids is 2. The molecule has 1 fully saturated rings. The monoisotopic (exact) mass is 232 g/mol. The molecule has 2 amide bonds. The summed E-state index contributed by atoms with van der Waals surface area (Å²) in [6, 6.07) is 8.00. The molecule has 4 heteroatoms. The van der Waals surface area contributed by atoms with Crippen molar-refractivity contribution in [2.24, 2.45) is 0 Å². The molecule has 0 spiro atoms. The molecule has 1 heterocycles. The number of nitrogens with one attached hydrogen (secondary N) is 1. The first-order valence-electron chi connectivity index (χ1n) is 5.74. The summed E-state index contributed by atoms with van der Waals surface area (Å²) < 4.78 is 0. The fourth-order valence-corrected chi connectivity index (χ4v) is 1.89. The van der Waals surface area contributed by atoms with Gasteiger partial charge in [0.1, 0.15) is 0 Å². The Kier molecular flexibility index (Phi) is 3.13. The quantitative estimate of drug-likeness (QED) is 0.781. The van der Waals surface area contributed by atoms with E-state index < -0.39 is 0 Å². The Morgan fingerprint density at radius 1 is 1.06 bits per heavy atom. The molecule has 0 atom stereocenters. The van der Waals surface area contributed by atoms with Crippen LogP contribution in [0.5, 0.6) is 0 Å². The van der Waals surface area contributed by atoms with Gasteiger partial charge < -0.3 is 4.90 Å². The van der Waals surface area contributed by atoms with Gasteiger partial charge in [-0.25, -0.2) is 0 Å². The van der Waals surface area contributed by atoms with E-state index in [1.54, 1.807) is 4.90 Å². The van der Waals surface area contributed by atoms with Gasteiger partial charge in [-0.2, -0.15) is 0 Å². The lowest BCUT2D eigenvalue weighted by Crippen LogP contribution is -2.51. The van der Waals surface area contributed by atoms with Crippen molar-refractivity contribution in [3.63, 3.8) is 0 Å². The summed E-state index contributed by atoms with van der Waals surface area (Å²) in [6.45, 7) is 4.75. The molecular formula is C13H16N2O2. The normalized spacial score (nSPS) is 16.3. The molecule has 1 saturated heterocycles. The van der Waals surface area contributed by atoms with Crippen LogP contribution >= 0.6 is 0 Å². The molecule has 1 N–H and O–H groups in total. The average molecular weight is 232 g/mol. The zero-order valence-electron chi connectivity index (χ0n) is 10.1. The van der Waals surface area contributed by atoms with E-state index in [-0.39, 0.29) is 24.9 Å². The summed E-state index contributed by atoms with van der Waals surface area (Å²) in [4.78, 5) is 24.3. The topological polar surface area (TPSA) is 49.4 Å². The number of hydrogen-bond donors (Lipinski definition) is 1. The molecule has 0 unspecified atom stereocenters. The number of anilines is 1. The molecule has 0 bridgehead atoms. The number of amides is 2. The van der Waals surface area contributed by atoms with Gasteiger partial charge in [-0.05, 0) is 23.6 Å². The number of imide groups is 1. The Bertz CT molecular complexity index is 421. The van der Waals surface area contributed by atoms with Crippen LogP contribution in [0.3, 0.4) is 0 Å². The highest BCUT2D eigenvalue weighted by atomic mass is 16.2. The summed E-state index contributed by atoms with van der Waals surface area (Å²) in [6.07, 6.45) is 0. The van der Waals surface area contributed by atoms with E-state index in [1.165, 1.54) is 5.56 Å². The van der Waals surface area contributed by atoms with Crippen LogP contribution in [0.15, 0.2) is 24.3 Å². The van der Waals surface area contributed by atoms with Crippen LogP contribution in [0.2, 0.25) is 0 Å². The smallest absolute Gasteiger partial charge is 0.246 e. The van der Waals surface area contributed by atoms with Crippen molar-refractivity contribution in [1.82, 2.24) is 5.32 Å². The highest BCUT2D eigenvalue weighted by Gasteiger charge is 2.22. The molecule has 90 valence electrons. The maximum Gasteiger partial charge on any atom is 0.246 e. The maximum atomic E-state index is 11.3. The highest BCUT2D eigenvalue weighted by Crippen LogP contribution is 2.20. The van der Waals surface area contributed by atoms with Crippen molar-refractivity contribution in [2.75, 3.05) is 18.0 Å². The lowest BCUT2D eigenvalue weighted by Gasteiger charge is -2.27. The van der Waals surface area contributed by atoms with Crippen LogP contribution in [0.1, 0.15) is 25.3 Å². The van der Waals surface area contributed by atoms with Crippen LogP contribution in [-0.2, 0) is 9.59 Å². The SMILES string of the molecule is CC(C)c1ccc(N2CC(=O)NC(=O)C2)cc1. The number of nitrogens with zero attached hydrogens (tertiary/aromatic N) is 1. The Balaban J connectivity index is 2.16. The second-order valence-corrected chi connectivity index (χ2v) is 4.57. The molecule has 2 rings (SSSR count). The fraction of sp³-hybridized carbons (Fsp3) is 0.385. The van der Waals surface area contributed by atoms with Crippen LogP contribution in [0.25, 0.3) is 0 Å². The summed E-state index contributed by atoms with van der Waals surface area (Å²) in [5.74, 6) is -0.00120. The minimum absolute atomic E-state index is 0.241. The van der Waals surface area contributed by atoms with Crippen molar-refractivity contribution in [1.29, 1.82) is 0 Å². The molecule has 17 heavy (non-hydrogen) atoms. The third-order valence-electron chi connectivity index (χ3n) is 2.87. The van der Waals surface area contributed by atoms with Gasteiger partial charge in [0.25, 0.3) is 0 Å². The minimum atomic E-state index is -0.241. The van der Waals surface area contributed by atoms with E-state index >= 15 is 0 Å². The molecule has 0 aromatic heterocycles. The first kappa shape index (κ1) is 11.6. The van der Waals surface area contributed by atoms with Gasteiger partial charge in [0.05, 0.1) is 13.1 Å². The Morgan fingerprint density at radius 2 is 1.59 bits per heavy atom. The van der Waals surface area contributed by atoms with Gasteiger partial charge in [-0.15, -0.1) is 0 Å². The molecule has 1 aliphatic heterocycles. The predicted octanol–water partition coefficient (Wildman–Crippen LogP) is 1.27. The van der Waals surface area contributed by atoms with Crippen molar-refractivity contribution >= 4 is 17.5 Å². The van der Waals surface area contributed by atoms with Gasteiger partial charge >= 0.3 is 0 Å². The zero-order valence-corrected chi connectivity index (χ0v) is 10.1. The number of rotatable bonds is 2. The third-order valence-corrected chi connectivity index (χ3v) is 2.87. The Morgan fingerprint density at radius 3 is 2.06 bits per heavy atom. The first-order valence-corrected chi connectivity index (χ1v) is 5.74. The van der Waals surface area contributed by atoms with Crippen LogP contribution in [0.4, 0.5) is 5.69 Å². The second-order valence-electron chi connectivity index (χ2n) is 4.57. The lowest BCUT2D eigenvalue weighted by atomic mass is 10.0. The zero-order chi connectivity index (χ0) is 12.4. The van der Waals surface area contributed by atoms with Gasteiger partial charge in [-0.1, -0.05) is 26.0 Å². The molecule has 0 radical (unpaired) electrons. The van der Waals surface area contributed by atoms with E-state index in [9.17, 15) is 9.59 Å². The van der Waals surface area contributed by atoms with Gasteiger partial charge in [0, 0.05) is 5.69 Å². The Labute approximate surface area is 101 Å². The highest BCUT2D eigenvalue weighted by molar-refractivity contribution is 6.02. The van der Waals surface area contributed by atoms with Crippen molar-refractivity contribution in [3.8, 4) is 0 Å². The third kappa shape index (κ3) is 2.64. The standard InChI is InChI=1S/C13H16N2O2/c1-9(2)10-3-5-11(6-4-10)15-7-12(16)14-13(17)8-15/h3-6,9H,7-8H2,1-2H3,(H,14,16,17). The molecule has 0 saturated carbocycles. The molecule has 1 aromatic rings. The molecule has 1 aromatic carbocycles. The van der Waals surface area contributed by atoms with Crippen LogP contribution in [-0.4, -0.2) is 24.9 Å². The maximum absolute atomic E-state index is 11.3. The molecule has 0 aliphatic carbocycles. The van der Waals surface area contributed by atoms with Crippen molar-refractivity contribution in [3.05, 3.63) is 29.8 Å². The van der Waals surface area contributed by atoms with Crippen molar-refractivity contribution < 1.29 is 9.59 Å². The molecule has 1 aliphatic rings. The van der Waals surface area contributed by atoms with Crippen LogP contribution in [0, 0.1) is 0 Å². The first-order chi connectivity index (χ1) is 8.06. The summed E-state index contributed by atoms with van der Waals surface area (Å²) in [5.41, 5.74) is 2.17. The summed E-state index contributed by atoms with van der Waals surface area (Å²) >= 11 is 0. The van der Waals surface area contributed by atoms with E-state index in [0.29, 0.717) is 5.92 Å². The number of hydrogen-bond acceptors (Lipinski definition) is 3. The van der Waals surface area contributed by atoms with Crippen molar-refractivity contribution in [2.45, 2.75) is 19.8 Å². The van der Waals surface area contributed by atoms with Gasteiger partial charge in [0.15, 0.2) is 0 Å². The lowest BCUT2D eigenvalue weighted by molar-refractivity contribution is -0.130. The largest absolute Gasteiger partial charge is 0.353 e. The fourth-order valence-electron chi connectivity index (χ4n) is 1.89. The summed E-state index contributed by atoms with van der Waals surface area (Å²) in [5, 5.41) is 2.29. The van der Waals surface area contributed by atoms with E-state index in [2.05, 4.69) is 19.2 Å². The Hall–Kier alpha value is -1.84.